The van der Waals surface area contributed by atoms with Crippen LogP contribution in [0.1, 0.15) is 27.2 Å². The number of carbonyl (C=O) groups excluding carboxylic acids is 1. The Bertz CT molecular complexity index is 160. The van der Waals surface area contributed by atoms with Gasteiger partial charge >= 0.3 is 0 Å². The first-order valence-corrected chi connectivity index (χ1v) is 4.64. The zero-order valence-electron chi connectivity index (χ0n) is 8.58. The van der Waals surface area contributed by atoms with Crippen LogP contribution in [-0.2, 0) is 4.79 Å². The lowest BCUT2D eigenvalue weighted by molar-refractivity contribution is -0.123. The predicted molar refractivity (Wildman–Crippen MR) is 52.1 cm³/mol. The lowest BCUT2D eigenvalue weighted by Gasteiger charge is -2.16. The molecule has 0 radical (unpaired) electrons. The maximum atomic E-state index is 11.3. The van der Waals surface area contributed by atoms with E-state index in [2.05, 4.69) is 5.32 Å². The molecule has 0 saturated heterocycles. The minimum absolute atomic E-state index is 0.0554. The van der Waals surface area contributed by atoms with Crippen LogP contribution in [0.15, 0.2) is 0 Å². The van der Waals surface area contributed by atoms with Crippen LogP contribution in [-0.4, -0.2) is 29.7 Å². The summed E-state index contributed by atoms with van der Waals surface area (Å²) in [6.45, 7) is 5.71. The number of nitrogens with one attached hydrogen (secondary N) is 1. The van der Waals surface area contributed by atoms with Crippen molar-refractivity contribution < 1.29 is 9.90 Å². The second kappa shape index (κ2) is 5.94. The Kier molecular flexibility index (Phi) is 5.66. The fraction of sp³-hybridized carbons (Fsp3) is 0.889. The van der Waals surface area contributed by atoms with E-state index in [0.717, 1.165) is 0 Å². The Hall–Kier alpha value is -0.610. The second-order valence-corrected chi connectivity index (χ2v) is 3.83. The summed E-state index contributed by atoms with van der Waals surface area (Å²) >= 11 is 0. The highest BCUT2D eigenvalue weighted by Crippen LogP contribution is 2.02. The van der Waals surface area contributed by atoms with Gasteiger partial charge in [0.25, 0.3) is 0 Å². The third kappa shape index (κ3) is 5.60. The normalized spacial score (nSPS) is 15.5. The SMILES string of the molecule is CC(C)CC(N)C(=O)N[C@@H](C)CO. The third-order valence-corrected chi connectivity index (χ3v) is 1.72. The number of carbonyl (C=O) groups is 1. The summed E-state index contributed by atoms with van der Waals surface area (Å²) < 4.78 is 0. The van der Waals surface area contributed by atoms with Gasteiger partial charge < -0.3 is 16.2 Å². The molecule has 0 aromatic carbocycles. The number of aliphatic hydroxyl groups excluding tert-OH is 1. The van der Waals surface area contributed by atoms with Crippen LogP contribution in [0.4, 0.5) is 0 Å². The summed E-state index contributed by atoms with van der Waals surface area (Å²) in [6, 6.07) is -0.681. The third-order valence-electron chi connectivity index (χ3n) is 1.72. The van der Waals surface area contributed by atoms with E-state index in [1.54, 1.807) is 6.92 Å². The Labute approximate surface area is 79.5 Å². The number of hydrogen-bond acceptors (Lipinski definition) is 3. The van der Waals surface area contributed by atoms with Gasteiger partial charge in [0, 0.05) is 6.04 Å². The van der Waals surface area contributed by atoms with Crippen LogP contribution < -0.4 is 11.1 Å². The van der Waals surface area contributed by atoms with Gasteiger partial charge in [-0.3, -0.25) is 4.79 Å². The summed E-state index contributed by atoms with van der Waals surface area (Å²) in [6.07, 6.45) is 0.671. The van der Waals surface area contributed by atoms with Crippen molar-refractivity contribution in [3.05, 3.63) is 0 Å². The molecule has 0 aliphatic rings. The minimum atomic E-state index is -0.464. The van der Waals surface area contributed by atoms with E-state index >= 15 is 0 Å². The minimum Gasteiger partial charge on any atom is -0.394 e. The van der Waals surface area contributed by atoms with Gasteiger partial charge in [-0.15, -0.1) is 0 Å². The van der Waals surface area contributed by atoms with Crippen LogP contribution in [0.5, 0.6) is 0 Å². The van der Waals surface area contributed by atoms with Crippen molar-refractivity contribution in [2.45, 2.75) is 39.3 Å². The Balaban J connectivity index is 3.82. The molecule has 78 valence electrons. The number of aliphatic hydroxyl groups is 1. The van der Waals surface area contributed by atoms with E-state index in [1.165, 1.54) is 0 Å². The lowest BCUT2D eigenvalue weighted by Crippen LogP contribution is -2.46. The van der Waals surface area contributed by atoms with Gasteiger partial charge in [-0.25, -0.2) is 0 Å². The topological polar surface area (TPSA) is 75.4 Å². The van der Waals surface area contributed by atoms with Gasteiger partial charge in [0.2, 0.25) is 5.91 Å². The molecule has 4 nitrogen and oxygen atoms in total. The maximum absolute atomic E-state index is 11.3. The number of hydrogen-bond donors (Lipinski definition) is 3. The van der Waals surface area contributed by atoms with Crippen LogP contribution in [0.3, 0.4) is 0 Å². The molecule has 0 spiro atoms. The van der Waals surface area contributed by atoms with Crippen molar-refractivity contribution in [1.29, 1.82) is 0 Å². The molecule has 0 fully saturated rings. The molecule has 0 heterocycles. The molecular formula is C9H20N2O2. The quantitative estimate of drug-likeness (QED) is 0.562. The predicted octanol–water partition coefficient (Wildman–Crippen LogP) is -0.143. The van der Waals surface area contributed by atoms with E-state index in [4.69, 9.17) is 10.8 Å². The standard InChI is InChI=1S/C9H20N2O2/c1-6(2)4-8(10)9(13)11-7(3)5-12/h6-8,12H,4-5,10H2,1-3H3,(H,11,13)/t7-,8?/m0/s1. The fourth-order valence-corrected chi connectivity index (χ4v) is 1.01. The zero-order chi connectivity index (χ0) is 10.4. The van der Waals surface area contributed by atoms with Gasteiger partial charge in [0.15, 0.2) is 0 Å². The summed E-state index contributed by atoms with van der Waals surface area (Å²) in [4.78, 5) is 11.3. The summed E-state index contributed by atoms with van der Waals surface area (Å²) in [5.74, 6) is 0.223. The molecule has 4 N–H and O–H groups in total. The fourth-order valence-electron chi connectivity index (χ4n) is 1.01. The highest BCUT2D eigenvalue weighted by Gasteiger charge is 2.16. The molecule has 0 rings (SSSR count). The zero-order valence-corrected chi connectivity index (χ0v) is 8.58. The first-order chi connectivity index (χ1) is 5.97. The number of amides is 1. The largest absolute Gasteiger partial charge is 0.394 e. The molecule has 0 saturated carbocycles. The van der Waals surface area contributed by atoms with Crippen LogP contribution in [0.2, 0.25) is 0 Å². The van der Waals surface area contributed by atoms with Gasteiger partial charge in [0.05, 0.1) is 12.6 Å². The second-order valence-electron chi connectivity index (χ2n) is 3.83. The first kappa shape index (κ1) is 12.4. The molecule has 0 aliphatic carbocycles. The van der Waals surface area contributed by atoms with E-state index < -0.39 is 6.04 Å². The molecule has 0 aromatic rings. The van der Waals surface area contributed by atoms with Crippen molar-refractivity contribution in [3.8, 4) is 0 Å². The molecule has 2 atom stereocenters. The van der Waals surface area contributed by atoms with Crippen molar-refractivity contribution in [2.75, 3.05) is 6.61 Å². The highest BCUT2D eigenvalue weighted by atomic mass is 16.3. The van der Waals surface area contributed by atoms with Crippen molar-refractivity contribution in [3.63, 3.8) is 0 Å². The van der Waals surface area contributed by atoms with Crippen molar-refractivity contribution in [2.24, 2.45) is 11.7 Å². The smallest absolute Gasteiger partial charge is 0.237 e. The number of nitrogens with two attached hydrogens (primary N) is 1. The van der Waals surface area contributed by atoms with Crippen LogP contribution in [0.25, 0.3) is 0 Å². The average Bonchev–Trinajstić information content (AvgIpc) is 2.02. The first-order valence-electron chi connectivity index (χ1n) is 4.64. The van der Waals surface area contributed by atoms with Crippen LogP contribution in [0, 0.1) is 5.92 Å². The summed E-state index contributed by atoms with van der Waals surface area (Å²) in [7, 11) is 0. The van der Waals surface area contributed by atoms with Gasteiger partial charge in [-0.2, -0.15) is 0 Å². The van der Waals surface area contributed by atoms with E-state index in [0.29, 0.717) is 12.3 Å². The molecule has 4 heteroatoms. The summed E-state index contributed by atoms with van der Waals surface area (Å²) in [5, 5.41) is 11.3. The molecule has 1 amide bonds. The van der Waals surface area contributed by atoms with Gasteiger partial charge in [0.1, 0.15) is 0 Å². The van der Waals surface area contributed by atoms with Crippen molar-refractivity contribution >= 4 is 5.91 Å². The summed E-state index contributed by atoms with van der Waals surface area (Å²) in [5.41, 5.74) is 5.63. The number of rotatable bonds is 5. The monoisotopic (exact) mass is 188 g/mol. The Morgan fingerprint density at radius 3 is 2.38 bits per heavy atom. The Morgan fingerprint density at radius 2 is 2.00 bits per heavy atom. The lowest BCUT2D eigenvalue weighted by atomic mass is 10.0. The van der Waals surface area contributed by atoms with Gasteiger partial charge in [-0.05, 0) is 19.3 Å². The van der Waals surface area contributed by atoms with Crippen LogP contribution >= 0.6 is 0 Å². The molecule has 0 aliphatic heterocycles. The molecule has 1 unspecified atom stereocenters. The van der Waals surface area contributed by atoms with E-state index in [-0.39, 0.29) is 18.6 Å². The van der Waals surface area contributed by atoms with Gasteiger partial charge in [-0.1, -0.05) is 13.8 Å². The highest BCUT2D eigenvalue weighted by molar-refractivity contribution is 5.81. The molecule has 0 bridgehead atoms. The molecule has 13 heavy (non-hydrogen) atoms. The molecule has 0 aromatic heterocycles. The van der Waals surface area contributed by atoms with E-state index in [9.17, 15) is 4.79 Å². The molecular weight excluding hydrogens is 168 g/mol. The Morgan fingerprint density at radius 1 is 1.46 bits per heavy atom. The van der Waals surface area contributed by atoms with E-state index in [1.807, 2.05) is 13.8 Å². The maximum Gasteiger partial charge on any atom is 0.237 e. The average molecular weight is 188 g/mol. The van der Waals surface area contributed by atoms with Crippen molar-refractivity contribution in [1.82, 2.24) is 5.32 Å².